The first-order valence-corrected chi connectivity index (χ1v) is 4.78. The summed E-state index contributed by atoms with van der Waals surface area (Å²) in [5.74, 6) is 0. The fraction of sp³-hybridized carbons (Fsp3) is 0.889. The number of hydrogen-bond acceptors (Lipinski definition) is 2. The Morgan fingerprint density at radius 3 is 2.77 bits per heavy atom. The van der Waals surface area contributed by atoms with Crippen LogP contribution in [0.1, 0.15) is 32.6 Å². The van der Waals surface area contributed by atoms with E-state index in [4.69, 9.17) is 10.2 Å². The van der Waals surface area contributed by atoms with Crippen LogP contribution in [-0.4, -0.2) is 39.9 Å². The van der Waals surface area contributed by atoms with Crippen LogP contribution in [0.3, 0.4) is 0 Å². The van der Waals surface area contributed by atoms with Crippen molar-refractivity contribution < 1.29 is 15.0 Å². The fourth-order valence-electron chi connectivity index (χ4n) is 2.25. The van der Waals surface area contributed by atoms with Crippen LogP contribution in [0.5, 0.6) is 0 Å². The molecule has 1 aliphatic rings. The van der Waals surface area contributed by atoms with Gasteiger partial charge in [-0.1, -0.05) is 6.92 Å². The highest BCUT2D eigenvalue weighted by atomic mass is 16.4. The molecule has 0 aromatic rings. The first kappa shape index (κ1) is 10.3. The molecule has 0 bridgehead atoms. The number of aliphatic hydroxyl groups excluding tert-OH is 1. The summed E-state index contributed by atoms with van der Waals surface area (Å²) in [6, 6.07) is 0. The first-order valence-electron chi connectivity index (χ1n) is 4.78. The van der Waals surface area contributed by atoms with E-state index < -0.39 is 6.09 Å². The van der Waals surface area contributed by atoms with Crippen molar-refractivity contribution >= 4 is 6.09 Å². The summed E-state index contributed by atoms with van der Waals surface area (Å²) in [5.41, 5.74) is -0.291. The number of carboxylic acid groups (broad SMARTS) is 1. The summed E-state index contributed by atoms with van der Waals surface area (Å²) in [6.07, 6.45) is 2.31. The van der Waals surface area contributed by atoms with Gasteiger partial charge in [0.25, 0.3) is 0 Å². The van der Waals surface area contributed by atoms with Crippen molar-refractivity contribution in [3.63, 3.8) is 0 Å². The van der Waals surface area contributed by atoms with Gasteiger partial charge >= 0.3 is 6.09 Å². The molecule has 1 unspecified atom stereocenters. The summed E-state index contributed by atoms with van der Waals surface area (Å²) >= 11 is 0. The maximum absolute atomic E-state index is 10.9. The average Bonchev–Trinajstić information content (AvgIpc) is 2.50. The van der Waals surface area contributed by atoms with Gasteiger partial charge in [-0.2, -0.15) is 0 Å². The van der Waals surface area contributed by atoms with E-state index in [1.165, 1.54) is 4.90 Å². The van der Waals surface area contributed by atoms with Crippen LogP contribution in [0.4, 0.5) is 4.79 Å². The average molecular weight is 187 g/mol. The van der Waals surface area contributed by atoms with Crippen LogP contribution in [0, 0.1) is 0 Å². The quantitative estimate of drug-likeness (QED) is 0.700. The zero-order valence-corrected chi connectivity index (χ0v) is 7.99. The summed E-state index contributed by atoms with van der Waals surface area (Å²) < 4.78 is 0. The number of aliphatic hydroxyl groups is 1. The van der Waals surface area contributed by atoms with E-state index in [1.807, 2.05) is 6.92 Å². The number of rotatable bonds is 3. The minimum atomic E-state index is -0.854. The molecule has 0 spiro atoms. The maximum Gasteiger partial charge on any atom is 0.407 e. The predicted molar refractivity (Wildman–Crippen MR) is 48.7 cm³/mol. The molecule has 0 radical (unpaired) electrons. The highest BCUT2D eigenvalue weighted by Gasteiger charge is 2.41. The van der Waals surface area contributed by atoms with Crippen molar-refractivity contribution in [1.29, 1.82) is 0 Å². The Hall–Kier alpha value is -0.770. The second-order valence-corrected chi connectivity index (χ2v) is 3.59. The van der Waals surface area contributed by atoms with Gasteiger partial charge in [0.1, 0.15) is 0 Å². The van der Waals surface area contributed by atoms with Gasteiger partial charge in [0.2, 0.25) is 0 Å². The van der Waals surface area contributed by atoms with Crippen molar-refractivity contribution in [1.82, 2.24) is 4.90 Å². The van der Waals surface area contributed by atoms with Crippen LogP contribution in [-0.2, 0) is 0 Å². The normalized spacial score (nSPS) is 28.0. The molecule has 0 aromatic carbocycles. The summed E-state index contributed by atoms with van der Waals surface area (Å²) in [7, 11) is 0. The van der Waals surface area contributed by atoms with Gasteiger partial charge in [-0.25, -0.2) is 4.79 Å². The van der Waals surface area contributed by atoms with Gasteiger partial charge in [0.05, 0.1) is 0 Å². The highest BCUT2D eigenvalue weighted by Crippen LogP contribution is 2.35. The Kier molecular flexibility index (Phi) is 3.14. The zero-order chi connectivity index (χ0) is 9.90. The molecular formula is C9H17NO3. The van der Waals surface area contributed by atoms with Crippen molar-refractivity contribution in [2.45, 2.75) is 38.1 Å². The molecule has 1 fully saturated rings. The lowest BCUT2D eigenvalue weighted by molar-refractivity contribution is 0.0819. The fourth-order valence-corrected chi connectivity index (χ4v) is 2.25. The number of likely N-dealkylation sites (tertiary alicyclic amines) is 1. The van der Waals surface area contributed by atoms with Crippen molar-refractivity contribution in [2.24, 2.45) is 0 Å². The van der Waals surface area contributed by atoms with E-state index in [1.54, 1.807) is 0 Å². The molecule has 1 amide bonds. The lowest BCUT2D eigenvalue weighted by Gasteiger charge is -2.35. The smallest absolute Gasteiger partial charge is 0.407 e. The Morgan fingerprint density at radius 2 is 2.31 bits per heavy atom. The molecule has 2 N–H and O–H groups in total. The monoisotopic (exact) mass is 187 g/mol. The Labute approximate surface area is 78.2 Å². The van der Waals surface area contributed by atoms with E-state index >= 15 is 0 Å². The second kappa shape index (κ2) is 3.96. The number of hydrogen-bond donors (Lipinski definition) is 2. The molecule has 76 valence electrons. The van der Waals surface area contributed by atoms with Crippen molar-refractivity contribution in [3.8, 4) is 0 Å². The maximum atomic E-state index is 10.9. The lowest BCUT2D eigenvalue weighted by Crippen LogP contribution is -2.46. The topological polar surface area (TPSA) is 60.8 Å². The highest BCUT2D eigenvalue weighted by molar-refractivity contribution is 5.66. The molecule has 1 atom stereocenters. The van der Waals surface area contributed by atoms with E-state index in [-0.39, 0.29) is 12.1 Å². The molecule has 0 saturated carbocycles. The third kappa shape index (κ3) is 1.77. The molecule has 1 aliphatic heterocycles. The third-order valence-electron chi connectivity index (χ3n) is 3.06. The van der Waals surface area contributed by atoms with E-state index in [9.17, 15) is 4.79 Å². The van der Waals surface area contributed by atoms with Crippen LogP contribution >= 0.6 is 0 Å². The van der Waals surface area contributed by atoms with Crippen LogP contribution in [0.15, 0.2) is 0 Å². The minimum absolute atomic E-state index is 0.0671. The van der Waals surface area contributed by atoms with Gasteiger partial charge in [0, 0.05) is 18.7 Å². The molecule has 4 nitrogen and oxygen atoms in total. The molecule has 13 heavy (non-hydrogen) atoms. The second-order valence-electron chi connectivity index (χ2n) is 3.59. The van der Waals surface area contributed by atoms with Gasteiger partial charge in [0.15, 0.2) is 0 Å². The minimum Gasteiger partial charge on any atom is -0.465 e. The SMILES string of the molecule is CCC1(CCO)CCCN1C(=O)O. The zero-order valence-electron chi connectivity index (χ0n) is 7.99. The lowest BCUT2D eigenvalue weighted by atomic mass is 9.89. The van der Waals surface area contributed by atoms with Crippen molar-refractivity contribution in [3.05, 3.63) is 0 Å². The Balaban J connectivity index is 2.76. The molecular weight excluding hydrogens is 170 g/mol. The summed E-state index contributed by atoms with van der Waals surface area (Å²) in [5, 5.41) is 17.9. The molecule has 1 saturated heterocycles. The van der Waals surface area contributed by atoms with Crippen LogP contribution in [0.25, 0.3) is 0 Å². The predicted octanol–water partition coefficient (Wildman–Crippen LogP) is 1.29. The molecule has 1 heterocycles. The van der Waals surface area contributed by atoms with Crippen molar-refractivity contribution in [2.75, 3.05) is 13.2 Å². The molecule has 4 heteroatoms. The van der Waals surface area contributed by atoms with Gasteiger partial charge in [-0.05, 0) is 25.7 Å². The summed E-state index contributed by atoms with van der Waals surface area (Å²) in [4.78, 5) is 12.4. The Morgan fingerprint density at radius 1 is 1.62 bits per heavy atom. The number of nitrogens with zero attached hydrogens (tertiary/aromatic N) is 1. The van der Waals surface area contributed by atoms with Gasteiger partial charge in [-0.3, -0.25) is 0 Å². The molecule has 0 aliphatic carbocycles. The number of carbonyl (C=O) groups is 1. The standard InChI is InChI=1S/C9H17NO3/c1-2-9(5-7-11)4-3-6-10(9)8(12)13/h11H,2-7H2,1H3,(H,12,13). The van der Waals surface area contributed by atoms with Gasteiger partial charge < -0.3 is 15.1 Å². The van der Waals surface area contributed by atoms with Gasteiger partial charge in [-0.15, -0.1) is 0 Å². The van der Waals surface area contributed by atoms with E-state index in [2.05, 4.69) is 0 Å². The van der Waals surface area contributed by atoms with E-state index in [0.717, 1.165) is 19.3 Å². The summed E-state index contributed by atoms with van der Waals surface area (Å²) in [6.45, 7) is 2.66. The number of amides is 1. The third-order valence-corrected chi connectivity index (χ3v) is 3.06. The van der Waals surface area contributed by atoms with E-state index in [0.29, 0.717) is 13.0 Å². The van der Waals surface area contributed by atoms with Crippen LogP contribution in [0.2, 0.25) is 0 Å². The Bertz CT molecular complexity index is 195. The molecule has 1 rings (SSSR count). The largest absolute Gasteiger partial charge is 0.465 e. The van der Waals surface area contributed by atoms with Crippen LogP contribution < -0.4 is 0 Å². The molecule has 0 aromatic heterocycles. The first-order chi connectivity index (χ1) is 6.16.